The normalized spacial score (nSPS) is 15.7. The number of amidine groups is 1. The van der Waals surface area contributed by atoms with Gasteiger partial charge in [0.2, 0.25) is 0 Å². The molecule has 0 bridgehead atoms. The van der Waals surface area contributed by atoms with Crippen LogP contribution in [-0.4, -0.2) is 23.1 Å². The van der Waals surface area contributed by atoms with Crippen LogP contribution < -0.4 is 10.9 Å². The lowest BCUT2D eigenvalue weighted by Crippen LogP contribution is -2.37. The van der Waals surface area contributed by atoms with Gasteiger partial charge in [-0.2, -0.15) is 0 Å². The van der Waals surface area contributed by atoms with Crippen LogP contribution in [0.4, 0.5) is 5.69 Å². The Balaban J connectivity index is 1.93. The number of rotatable bonds is 2. The van der Waals surface area contributed by atoms with Gasteiger partial charge in [-0.15, -0.1) is 0 Å². The molecule has 5 nitrogen and oxygen atoms in total. The first-order chi connectivity index (χ1) is 7.36. The van der Waals surface area contributed by atoms with E-state index in [-0.39, 0.29) is 5.78 Å². The summed E-state index contributed by atoms with van der Waals surface area (Å²) in [6.07, 6.45) is 4.77. The van der Waals surface area contributed by atoms with E-state index in [1.807, 2.05) is 0 Å². The van der Waals surface area contributed by atoms with Gasteiger partial charge in [-0.1, -0.05) is 0 Å². The Morgan fingerprint density at radius 3 is 2.73 bits per heavy atom. The molecule has 0 fully saturated rings. The highest BCUT2D eigenvalue weighted by atomic mass is 16.1. The number of hydrazine groups is 1. The van der Waals surface area contributed by atoms with E-state index >= 15 is 0 Å². The minimum absolute atomic E-state index is 0.0582. The number of carbonyl (C=O) groups excluding carboxylic acids is 1. The molecule has 2 heterocycles. The summed E-state index contributed by atoms with van der Waals surface area (Å²) in [5.74, 6) is 0.473. The molecule has 2 N–H and O–H groups in total. The number of carbonyl (C=O) groups is 1. The van der Waals surface area contributed by atoms with E-state index in [0.717, 1.165) is 12.1 Å². The lowest BCUT2D eigenvalue weighted by atomic mass is 10.1. The molecule has 0 aliphatic carbocycles. The first-order valence-corrected chi connectivity index (χ1v) is 4.86. The molecule has 0 atom stereocenters. The summed E-state index contributed by atoms with van der Waals surface area (Å²) >= 11 is 0. The topological polar surface area (TPSA) is 66.4 Å². The molecule has 2 rings (SSSR count). The zero-order chi connectivity index (χ0) is 10.5. The number of hydrogen-bond donors (Lipinski definition) is 2. The Morgan fingerprint density at radius 1 is 1.20 bits per heavy atom. The SMILES string of the molecule is O=C1CCCN=C1NNc1ccncc1. The van der Waals surface area contributed by atoms with Crippen LogP contribution in [0.15, 0.2) is 29.5 Å². The second kappa shape index (κ2) is 4.54. The molecule has 1 aromatic rings. The molecular weight excluding hydrogens is 192 g/mol. The summed E-state index contributed by atoms with van der Waals surface area (Å²) in [4.78, 5) is 19.4. The molecule has 0 unspecified atom stereocenters. The molecule has 1 aliphatic heterocycles. The van der Waals surface area contributed by atoms with Gasteiger partial charge < -0.3 is 0 Å². The second-order valence-corrected chi connectivity index (χ2v) is 3.24. The van der Waals surface area contributed by atoms with Gasteiger partial charge in [0.05, 0.1) is 5.69 Å². The van der Waals surface area contributed by atoms with E-state index in [2.05, 4.69) is 20.8 Å². The number of ketones is 1. The molecule has 0 radical (unpaired) electrons. The lowest BCUT2D eigenvalue weighted by Gasteiger charge is -2.14. The Morgan fingerprint density at radius 2 is 2.00 bits per heavy atom. The molecular formula is C10H12N4O. The fourth-order valence-electron chi connectivity index (χ4n) is 1.31. The zero-order valence-corrected chi connectivity index (χ0v) is 8.23. The highest BCUT2D eigenvalue weighted by Gasteiger charge is 2.14. The maximum absolute atomic E-state index is 11.4. The van der Waals surface area contributed by atoms with E-state index < -0.39 is 0 Å². The van der Waals surface area contributed by atoms with Crippen LogP contribution in [0.5, 0.6) is 0 Å². The van der Waals surface area contributed by atoms with Crippen LogP contribution >= 0.6 is 0 Å². The first-order valence-electron chi connectivity index (χ1n) is 4.86. The molecule has 1 aliphatic rings. The lowest BCUT2D eigenvalue weighted by molar-refractivity contribution is -0.113. The van der Waals surface area contributed by atoms with Gasteiger partial charge in [0.25, 0.3) is 0 Å². The van der Waals surface area contributed by atoms with Crippen molar-refractivity contribution in [3.8, 4) is 0 Å². The van der Waals surface area contributed by atoms with Crippen LogP contribution in [0.1, 0.15) is 12.8 Å². The van der Waals surface area contributed by atoms with Crippen molar-refractivity contribution in [2.45, 2.75) is 12.8 Å². The number of Topliss-reactive ketones (excluding diaryl/α,β-unsaturated/α-hetero) is 1. The van der Waals surface area contributed by atoms with Crippen molar-refractivity contribution in [3.63, 3.8) is 0 Å². The fourth-order valence-corrected chi connectivity index (χ4v) is 1.31. The zero-order valence-electron chi connectivity index (χ0n) is 8.23. The third-order valence-corrected chi connectivity index (χ3v) is 2.10. The summed E-state index contributed by atoms with van der Waals surface area (Å²) in [5, 5.41) is 0. The molecule has 1 aromatic heterocycles. The van der Waals surface area contributed by atoms with Crippen molar-refractivity contribution < 1.29 is 4.79 Å². The molecule has 78 valence electrons. The monoisotopic (exact) mass is 204 g/mol. The minimum Gasteiger partial charge on any atom is -0.299 e. The van der Waals surface area contributed by atoms with Crippen molar-refractivity contribution in [2.24, 2.45) is 4.99 Å². The van der Waals surface area contributed by atoms with Gasteiger partial charge in [-0.25, -0.2) is 0 Å². The predicted octanol–water partition coefficient (Wildman–Crippen LogP) is 0.759. The Labute approximate surface area is 87.6 Å². The van der Waals surface area contributed by atoms with E-state index in [1.165, 1.54) is 0 Å². The average molecular weight is 204 g/mol. The number of pyridine rings is 1. The summed E-state index contributed by atoms with van der Waals surface area (Å²) in [5.41, 5.74) is 6.57. The smallest absolute Gasteiger partial charge is 0.199 e. The standard InChI is InChI=1S/C10H12N4O/c15-9-2-1-5-12-10(9)14-13-8-3-6-11-7-4-8/h3-4,6-7H,1-2,5H2,(H,11,13)(H,12,14). The molecule has 0 aromatic carbocycles. The largest absolute Gasteiger partial charge is 0.299 e. The van der Waals surface area contributed by atoms with Gasteiger partial charge in [-0.3, -0.25) is 25.6 Å². The van der Waals surface area contributed by atoms with Gasteiger partial charge in [0, 0.05) is 25.4 Å². The van der Waals surface area contributed by atoms with Crippen LogP contribution in [0.2, 0.25) is 0 Å². The Kier molecular flexibility index (Phi) is 2.92. The second-order valence-electron chi connectivity index (χ2n) is 3.24. The fraction of sp³-hybridized carbons (Fsp3) is 0.300. The third-order valence-electron chi connectivity index (χ3n) is 2.10. The van der Waals surface area contributed by atoms with Gasteiger partial charge in [0.1, 0.15) is 0 Å². The van der Waals surface area contributed by atoms with Crippen LogP contribution in [0.25, 0.3) is 0 Å². The van der Waals surface area contributed by atoms with E-state index in [4.69, 9.17) is 0 Å². The highest BCUT2D eigenvalue weighted by molar-refractivity contribution is 6.39. The van der Waals surface area contributed by atoms with E-state index in [1.54, 1.807) is 24.5 Å². The average Bonchev–Trinajstić information content (AvgIpc) is 2.29. The van der Waals surface area contributed by atoms with Gasteiger partial charge >= 0.3 is 0 Å². The van der Waals surface area contributed by atoms with Crippen molar-refractivity contribution in [1.82, 2.24) is 10.4 Å². The Hall–Kier alpha value is -1.91. The summed E-state index contributed by atoms with van der Waals surface area (Å²) in [7, 11) is 0. The summed E-state index contributed by atoms with van der Waals surface area (Å²) in [6.45, 7) is 0.714. The predicted molar refractivity (Wildman–Crippen MR) is 57.5 cm³/mol. The minimum atomic E-state index is 0.0582. The number of aromatic nitrogens is 1. The van der Waals surface area contributed by atoms with E-state index in [9.17, 15) is 4.79 Å². The maximum Gasteiger partial charge on any atom is 0.199 e. The molecule has 0 saturated heterocycles. The third kappa shape index (κ3) is 2.52. The number of hydrogen-bond acceptors (Lipinski definition) is 5. The number of aliphatic imine (C=N–C) groups is 1. The van der Waals surface area contributed by atoms with E-state index in [0.29, 0.717) is 18.8 Å². The number of nitrogens with one attached hydrogen (secondary N) is 2. The molecule has 15 heavy (non-hydrogen) atoms. The van der Waals surface area contributed by atoms with Crippen molar-refractivity contribution in [1.29, 1.82) is 0 Å². The molecule has 5 heteroatoms. The maximum atomic E-state index is 11.4. The summed E-state index contributed by atoms with van der Waals surface area (Å²) < 4.78 is 0. The van der Waals surface area contributed by atoms with Crippen LogP contribution in [0, 0.1) is 0 Å². The highest BCUT2D eigenvalue weighted by Crippen LogP contribution is 2.03. The van der Waals surface area contributed by atoms with Crippen molar-refractivity contribution in [2.75, 3.05) is 12.0 Å². The van der Waals surface area contributed by atoms with Crippen molar-refractivity contribution in [3.05, 3.63) is 24.5 Å². The van der Waals surface area contributed by atoms with Gasteiger partial charge in [0.15, 0.2) is 11.6 Å². The molecule has 0 amide bonds. The molecule has 0 saturated carbocycles. The van der Waals surface area contributed by atoms with Crippen LogP contribution in [0.3, 0.4) is 0 Å². The quantitative estimate of drug-likeness (QED) is 0.698. The van der Waals surface area contributed by atoms with Crippen molar-refractivity contribution >= 4 is 17.3 Å². The number of nitrogens with zero attached hydrogens (tertiary/aromatic N) is 2. The van der Waals surface area contributed by atoms with Gasteiger partial charge in [-0.05, 0) is 18.6 Å². The van der Waals surface area contributed by atoms with Crippen LogP contribution in [-0.2, 0) is 4.79 Å². The Bertz CT molecular complexity index is 374. The number of anilines is 1. The summed E-state index contributed by atoms with van der Waals surface area (Å²) in [6, 6.07) is 3.61. The first kappa shape index (κ1) is 9.64. The molecule has 0 spiro atoms.